The van der Waals surface area contributed by atoms with Crippen molar-refractivity contribution < 1.29 is 13.2 Å². The van der Waals surface area contributed by atoms with Crippen LogP contribution in [0.25, 0.3) is 6.08 Å². The topological polar surface area (TPSA) is 57.7 Å². The molecule has 0 atom stereocenters. The molecule has 1 aromatic heterocycles. The van der Waals surface area contributed by atoms with Crippen molar-refractivity contribution in [2.45, 2.75) is 11.1 Å². The highest BCUT2D eigenvalue weighted by molar-refractivity contribution is 9.11. The number of hydrogen-bond donors (Lipinski definition) is 0. The third-order valence-electron chi connectivity index (χ3n) is 4.15. The number of aryl methyl sites for hydroxylation is 1. The number of hydrogen-bond acceptors (Lipinski definition) is 4. The van der Waals surface area contributed by atoms with E-state index in [1.165, 1.54) is 15.6 Å². The molecule has 0 unspecified atom stereocenters. The molecule has 5 nitrogen and oxygen atoms in total. The first-order valence-corrected chi connectivity index (χ1v) is 11.2. The van der Waals surface area contributed by atoms with Crippen molar-refractivity contribution in [2.75, 3.05) is 26.2 Å². The molecule has 0 aliphatic carbocycles. The third kappa shape index (κ3) is 4.43. The summed E-state index contributed by atoms with van der Waals surface area (Å²) in [5.74, 6) is -0.0950. The molecule has 0 radical (unpaired) electrons. The van der Waals surface area contributed by atoms with E-state index >= 15 is 0 Å². The SMILES string of the molecule is Cc1cccc(/C=C/C(=O)N2CCN(S(=O)(=O)c3ccc(Br)s3)CC2)c1. The molecule has 26 heavy (non-hydrogen) atoms. The molecule has 138 valence electrons. The maximum absolute atomic E-state index is 12.6. The lowest BCUT2D eigenvalue weighted by atomic mass is 10.1. The van der Waals surface area contributed by atoms with Crippen LogP contribution in [0.5, 0.6) is 0 Å². The average Bonchev–Trinajstić information content (AvgIpc) is 3.07. The quantitative estimate of drug-likeness (QED) is 0.665. The zero-order chi connectivity index (χ0) is 18.7. The lowest BCUT2D eigenvalue weighted by Crippen LogP contribution is -2.50. The fourth-order valence-electron chi connectivity index (χ4n) is 2.76. The van der Waals surface area contributed by atoms with Crippen LogP contribution in [0.1, 0.15) is 11.1 Å². The molecule has 1 aromatic carbocycles. The Morgan fingerprint density at radius 1 is 1.15 bits per heavy atom. The monoisotopic (exact) mass is 454 g/mol. The maximum Gasteiger partial charge on any atom is 0.252 e. The third-order valence-corrected chi connectivity index (χ3v) is 8.14. The van der Waals surface area contributed by atoms with Crippen LogP contribution in [0.15, 0.2) is 50.5 Å². The molecule has 1 saturated heterocycles. The highest BCUT2D eigenvalue weighted by atomic mass is 79.9. The Bertz CT molecular complexity index is 929. The van der Waals surface area contributed by atoms with E-state index in [0.29, 0.717) is 30.4 Å². The van der Waals surface area contributed by atoms with Crippen LogP contribution >= 0.6 is 27.3 Å². The molecule has 0 N–H and O–H groups in total. The summed E-state index contributed by atoms with van der Waals surface area (Å²) in [6.07, 6.45) is 3.34. The fraction of sp³-hybridized carbons (Fsp3) is 0.278. The Hall–Kier alpha value is -1.48. The van der Waals surface area contributed by atoms with E-state index in [1.54, 1.807) is 29.2 Å². The van der Waals surface area contributed by atoms with Crippen molar-refractivity contribution in [1.29, 1.82) is 0 Å². The Labute approximate surface area is 166 Å². The van der Waals surface area contributed by atoms with E-state index in [-0.39, 0.29) is 5.91 Å². The minimum atomic E-state index is -3.48. The van der Waals surface area contributed by atoms with E-state index < -0.39 is 10.0 Å². The maximum atomic E-state index is 12.6. The fourth-order valence-corrected chi connectivity index (χ4v) is 6.35. The van der Waals surface area contributed by atoms with Gasteiger partial charge >= 0.3 is 0 Å². The zero-order valence-corrected chi connectivity index (χ0v) is 17.5. The van der Waals surface area contributed by atoms with E-state index in [0.717, 1.165) is 14.9 Å². The second-order valence-electron chi connectivity index (χ2n) is 6.04. The minimum Gasteiger partial charge on any atom is -0.337 e. The second-order valence-corrected chi connectivity index (χ2v) is 10.7. The second kappa shape index (κ2) is 8.04. The number of nitrogens with zero attached hydrogens (tertiary/aromatic N) is 2. The first kappa shape index (κ1) is 19.3. The number of carbonyl (C=O) groups is 1. The summed E-state index contributed by atoms with van der Waals surface area (Å²) in [5.41, 5.74) is 2.11. The summed E-state index contributed by atoms with van der Waals surface area (Å²) in [6, 6.07) is 11.2. The summed E-state index contributed by atoms with van der Waals surface area (Å²) in [7, 11) is -3.48. The van der Waals surface area contributed by atoms with E-state index in [9.17, 15) is 13.2 Å². The predicted octanol–water partition coefficient (Wildman–Crippen LogP) is 3.37. The molecule has 2 heterocycles. The highest BCUT2D eigenvalue weighted by Crippen LogP contribution is 2.28. The van der Waals surface area contributed by atoms with Crippen LogP contribution in [-0.2, 0) is 14.8 Å². The molecule has 1 amide bonds. The average molecular weight is 455 g/mol. The van der Waals surface area contributed by atoms with Crippen LogP contribution in [0.3, 0.4) is 0 Å². The van der Waals surface area contributed by atoms with Gasteiger partial charge in [-0.05, 0) is 46.6 Å². The lowest BCUT2D eigenvalue weighted by molar-refractivity contribution is -0.127. The number of amides is 1. The normalized spacial score (nSPS) is 16.3. The van der Waals surface area contributed by atoms with Gasteiger partial charge in [0.05, 0.1) is 3.79 Å². The smallest absolute Gasteiger partial charge is 0.252 e. The molecular formula is C18H19BrN2O3S2. The Balaban J connectivity index is 1.60. The van der Waals surface area contributed by atoms with Crippen molar-refractivity contribution in [3.63, 3.8) is 0 Å². The van der Waals surface area contributed by atoms with Gasteiger partial charge < -0.3 is 4.90 Å². The van der Waals surface area contributed by atoms with Gasteiger partial charge in [-0.15, -0.1) is 11.3 Å². The molecule has 8 heteroatoms. The number of piperazine rings is 1. The van der Waals surface area contributed by atoms with Crippen molar-refractivity contribution in [1.82, 2.24) is 9.21 Å². The van der Waals surface area contributed by atoms with Gasteiger partial charge in [0.2, 0.25) is 5.91 Å². The molecule has 2 aromatic rings. The molecule has 0 spiro atoms. The molecule has 1 aliphatic rings. The van der Waals surface area contributed by atoms with Crippen molar-refractivity contribution >= 4 is 49.3 Å². The summed E-state index contributed by atoms with van der Waals surface area (Å²) in [5, 5.41) is 0. The van der Waals surface area contributed by atoms with Gasteiger partial charge in [-0.3, -0.25) is 4.79 Å². The van der Waals surface area contributed by atoms with E-state index in [2.05, 4.69) is 15.9 Å². The number of benzene rings is 1. The number of halogens is 1. The molecule has 0 saturated carbocycles. The van der Waals surface area contributed by atoms with Gasteiger partial charge in [-0.1, -0.05) is 29.8 Å². The molecule has 1 aliphatic heterocycles. The number of thiophene rings is 1. The zero-order valence-electron chi connectivity index (χ0n) is 14.3. The largest absolute Gasteiger partial charge is 0.337 e. The van der Waals surface area contributed by atoms with Crippen LogP contribution < -0.4 is 0 Å². The summed E-state index contributed by atoms with van der Waals surface area (Å²) < 4.78 is 27.8. The van der Waals surface area contributed by atoms with E-state index in [1.807, 2.05) is 31.2 Å². The summed E-state index contributed by atoms with van der Waals surface area (Å²) in [6.45, 7) is 3.40. The number of sulfonamides is 1. The highest BCUT2D eigenvalue weighted by Gasteiger charge is 2.30. The lowest BCUT2D eigenvalue weighted by Gasteiger charge is -2.33. The molecule has 0 bridgehead atoms. The van der Waals surface area contributed by atoms with Crippen LogP contribution in [0.2, 0.25) is 0 Å². The Morgan fingerprint density at radius 3 is 2.50 bits per heavy atom. The van der Waals surface area contributed by atoms with Crippen molar-refractivity contribution in [2.24, 2.45) is 0 Å². The minimum absolute atomic E-state index is 0.0950. The van der Waals surface area contributed by atoms with Gasteiger partial charge in [0, 0.05) is 32.3 Å². The predicted molar refractivity (Wildman–Crippen MR) is 108 cm³/mol. The van der Waals surface area contributed by atoms with Gasteiger partial charge in [-0.25, -0.2) is 8.42 Å². The Morgan fingerprint density at radius 2 is 1.88 bits per heavy atom. The Kier molecular flexibility index (Phi) is 5.96. The molecule has 1 fully saturated rings. The van der Waals surface area contributed by atoms with Crippen LogP contribution in [-0.4, -0.2) is 49.7 Å². The van der Waals surface area contributed by atoms with Gasteiger partial charge in [-0.2, -0.15) is 4.31 Å². The van der Waals surface area contributed by atoms with Crippen molar-refractivity contribution in [3.8, 4) is 0 Å². The summed E-state index contributed by atoms with van der Waals surface area (Å²) >= 11 is 4.49. The van der Waals surface area contributed by atoms with Crippen LogP contribution in [0, 0.1) is 6.92 Å². The number of carbonyl (C=O) groups excluding carboxylic acids is 1. The summed E-state index contributed by atoms with van der Waals surface area (Å²) in [4.78, 5) is 14.0. The molecule has 3 rings (SSSR count). The van der Waals surface area contributed by atoms with Gasteiger partial charge in [0.25, 0.3) is 10.0 Å². The standard InChI is InChI=1S/C18H19BrN2O3S2/c1-14-3-2-4-15(13-14)5-7-17(22)20-9-11-21(12-10-20)26(23,24)18-8-6-16(19)25-18/h2-8,13H,9-12H2,1H3/b7-5+. The van der Waals surface area contributed by atoms with E-state index in [4.69, 9.17) is 0 Å². The van der Waals surface area contributed by atoms with Crippen LogP contribution in [0.4, 0.5) is 0 Å². The molecular weight excluding hydrogens is 436 g/mol. The van der Waals surface area contributed by atoms with Gasteiger partial charge in [0.1, 0.15) is 4.21 Å². The van der Waals surface area contributed by atoms with Gasteiger partial charge in [0.15, 0.2) is 0 Å². The first-order valence-electron chi connectivity index (χ1n) is 8.15. The first-order chi connectivity index (χ1) is 12.4. The number of rotatable bonds is 4. The van der Waals surface area contributed by atoms with Crippen molar-refractivity contribution in [3.05, 3.63) is 57.4 Å².